The highest BCUT2D eigenvalue weighted by Crippen LogP contribution is 2.18. The summed E-state index contributed by atoms with van der Waals surface area (Å²) in [6.07, 6.45) is 0.254. The molecule has 2 N–H and O–H groups in total. The van der Waals surface area contributed by atoms with E-state index in [-0.39, 0.29) is 36.0 Å². The molecule has 2 heterocycles. The predicted octanol–water partition coefficient (Wildman–Crippen LogP) is 0.345. The molecule has 18 heavy (non-hydrogen) atoms. The number of aromatic amines is 1. The maximum absolute atomic E-state index is 11.9. The summed E-state index contributed by atoms with van der Waals surface area (Å²) in [7, 11) is 1.69. The number of rotatable bonds is 3. The third-order valence-corrected chi connectivity index (χ3v) is 3.00. The van der Waals surface area contributed by atoms with Gasteiger partial charge in [0.05, 0.1) is 5.92 Å². The smallest absolute Gasteiger partial charge is 0.248 e. The van der Waals surface area contributed by atoms with E-state index >= 15 is 0 Å². The molecule has 1 unspecified atom stereocenters. The second-order valence-corrected chi connectivity index (χ2v) is 4.86. The molecule has 0 radical (unpaired) electrons. The van der Waals surface area contributed by atoms with Crippen LogP contribution in [0.5, 0.6) is 0 Å². The van der Waals surface area contributed by atoms with Crippen molar-refractivity contribution in [2.75, 3.05) is 18.9 Å². The van der Waals surface area contributed by atoms with Crippen LogP contribution in [0.1, 0.15) is 32.0 Å². The van der Waals surface area contributed by atoms with Gasteiger partial charge in [-0.2, -0.15) is 4.98 Å². The van der Waals surface area contributed by atoms with Gasteiger partial charge >= 0.3 is 0 Å². The number of nitrogens with zero attached hydrogens (tertiary/aromatic N) is 3. The fraction of sp³-hybridized carbons (Fsp3) is 0.636. The molecule has 7 heteroatoms. The van der Waals surface area contributed by atoms with Gasteiger partial charge in [-0.05, 0) is 0 Å². The number of carbonyl (C=O) groups excluding carboxylic acids is 2. The molecule has 1 aromatic heterocycles. The van der Waals surface area contributed by atoms with Gasteiger partial charge in [-0.15, -0.1) is 5.10 Å². The van der Waals surface area contributed by atoms with Crippen molar-refractivity contribution in [3.05, 3.63) is 5.82 Å². The number of hydrogen-bond donors (Lipinski definition) is 2. The van der Waals surface area contributed by atoms with Crippen molar-refractivity contribution in [3.63, 3.8) is 0 Å². The lowest BCUT2D eigenvalue weighted by molar-refractivity contribution is -0.127. The van der Waals surface area contributed by atoms with Gasteiger partial charge in [0.1, 0.15) is 5.82 Å². The van der Waals surface area contributed by atoms with Gasteiger partial charge in [0.2, 0.25) is 17.8 Å². The number of amides is 2. The number of H-pyrrole nitrogens is 1. The molecule has 2 rings (SSSR count). The largest absolute Gasteiger partial charge is 0.345 e. The average Bonchev–Trinajstić information content (AvgIpc) is 2.87. The van der Waals surface area contributed by atoms with Crippen LogP contribution in [-0.4, -0.2) is 45.5 Å². The second-order valence-electron chi connectivity index (χ2n) is 4.86. The summed E-state index contributed by atoms with van der Waals surface area (Å²) in [6, 6.07) is 0. The van der Waals surface area contributed by atoms with Crippen molar-refractivity contribution < 1.29 is 9.59 Å². The first-order valence-electron chi connectivity index (χ1n) is 5.94. The van der Waals surface area contributed by atoms with Gasteiger partial charge in [-0.1, -0.05) is 13.8 Å². The van der Waals surface area contributed by atoms with E-state index in [1.54, 1.807) is 11.9 Å². The highest BCUT2D eigenvalue weighted by atomic mass is 16.2. The first-order chi connectivity index (χ1) is 8.47. The molecule has 0 bridgehead atoms. The van der Waals surface area contributed by atoms with Crippen LogP contribution < -0.4 is 5.32 Å². The maximum Gasteiger partial charge on any atom is 0.248 e. The van der Waals surface area contributed by atoms with Crippen LogP contribution in [0.3, 0.4) is 0 Å². The van der Waals surface area contributed by atoms with Crippen molar-refractivity contribution in [1.29, 1.82) is 0 Å². The Hall–Kier alpha value is -1.92. The number of aromatic nitrogens is 3. The average molecular weight is 251 g/mol. The van der Waals surface area contributed by atoms with Crippen molar-refractivity contribution >= 4 is 17.8 Å². The SMILES string of the molecule is CC(C)c1nc(NC(=O)C2CC(=O)N(C)C2)n[nH]1. The Labute approximate surface area is 105 Å². The molecule has 0 spiro atoms. The van der Waals surface area contributed by atoms with Gasteiger partial charge in [-0.3, -0.25) is 20.0 Å². The van der Waals surface area contributed by atoms with Gasteiger partial charge in [0.25, 0.3) is 0 Å². The van der Waals surface area contributed by atoms with E-state index in [1.165, 1.54) is 0 Å². The van der Waals surface area contributed by atoms with Crippen LogP contribution in [0, 0.1) is 5.92 Å². The second kappa shape index (κ2) is 4.75. The summed E-state index contributed by atoms with van der Waals surface area (Å²) in [5.41, 5.74) is 0. The van der Waals surface area contributed by atoms with Crippen molar-refractivity contribution in [2.45, 2.75) is 26.2 Å². The molecule has 1 aliphatic rings. The van der Waals surface area contributed by atoms with E-state index in [9.17, 15) is 9.59 Å². The molecule has 1 atom stereocenters. The Morgan fingerprint density at radius 1 is 1.56 bits per heavy atom. The zero-order valence-electron chi connectivity index (χ0n) is 10.7. The number of hydrogen-bond acceptors (Lipinski definition) is 4. The molecule has 1 aliphatic heterocycles. The molecule has 1 aromatic rings. The summed E-state index contributed by atoms with van der Waals surface area (Å²) in [4.78, 5) is 29.0. The maximum atomic E-state index is 11.9. The van der Waals surface area contributed by atoms with Crippen molar-refractivity contribution in [3.8, 4) is 0 Å². The van der Waals surface area contributed by atoms with Gasteiger partial charge in [0.15, 0.2) is 0 Å². The minimum absolute atomic E-state index is 0.00648. The van der Waals surface area contributed by atoms with Crippen LogP contribution in [-0.2, 0) is 9.59 Å². The molecule has 98 valence electrons. The van der Waals surface area contributed by atoms with E-state index in [0.29, 0.717) is 6.54 Å². The molecule has 1 saturated heterocycles. The highest BCUT2D eigenvalue weighted by Gasteiger charge is 2.32. The molecule has 7 nitrogen and oxygen atoms in total. The Balaban J connectivity index is 1.97. The number of carbonyl (C=O) groups is 2. The summed E-state index contributed by atoms with van der Waals surface area (Å²) in [6.45, 7) is 4.42. The lowest BCUT2D eigenvalue weighted by atomic mass is 10.1. The summed E-state index contributed by atoms with van der Waals surface area (Å²) in [5, 5.41) is 9.31. The fourth-order valence-electron chi connectivity index (χ4n) is 1.84. The molecular weight excluding hydrogens is 234 g/mol. The zero-order valence-corrected chi connectivity index (χ0v) is 10.7. The first-order valence-corrected chi connectivity index (χ1v) is 5.94. The van der Waals surface area contributed by atoms with E-state index < -0.39 is 0 Å². The van der Waals surface area contributed by atoms with Crippen molar-refractivity contribution in [1.82, 2.24) is 20.1 Å². The highest BCUT2D eigenvalue weighted by molar-refractivity contribution is 5.96. The normalized spacial score (nSPS) is 19.7. The summed E-state index contributed by atoms with van der Waals surface area (Å²) >= 11 is 0. The molecule has 0 aromatic carbocycles. The number of likely N-dealkylation sites (tertiary alicyclic amines) is 1. The van der Waals surface area contributed by atoms with Crippen molar-refractivity contribution in [2.24, 2.45) is 5.92 Å². The van der Waals surface area contributed by atoms with E-state index in [4.69, 9.17) is 0 Å². The molecular formula is C11H17N5O2. The Kier molecular flexibility index (Phi) is 3.31. The van der Waals surface area contributed by atoms with Crippen LogP contribution in [0.15, 0.2) is 0 Å². The Morgan fingerprint density at radius 2 is 2.28 bits per heavy atom. The van der Waals surface area contributed by atoms with E-state index in [2.05, 4.69) is 20.5 Å². The topological polar surface area (TPSA) is 91.0 Å². The minimum atomic E-state index is -0.316. The summed E-state index contributed by atoms with van der Waals surface area (Å²) in [5.74, 6) is 0.691. The third kappa shape index (κ3) is 2.49. The van der Waals surface area contributed by atoms with E-state index in [1.807, 2.05) is 13.8 Å². The lowest BCUT2D eigenvalue weighted by Gasteiger charge is -2.08. The fourth-order valence-corrected chi connectivity index (χ4v) is 1.84. The van der Waals surface area contributed by atoms with Crippen LogP contribution >= 0.6 is 0 Å². The van der Waals surface area contributed by atoms with E-state index in [0.717, 1.165) is 5.82 Å². The van der Waals surface area contributed by atoms with Crippen LogP contribution in [0.2, 0.25) is 0 Å². The molecule has 0 saturated carbocycles. The Bertz CT molecular complexity index is 468. The predicted molar refractivity (Wildman–Crippen MR) is 64.8 cm³/mol. The first kappa shape index (κ1) is 12.5. The van der Waals surface area contributed by atoms with Gasteiger partial charge in [0, 0.05) is 25.9 Å². The summed E-state index contributed by atoms with van der Waals surface area (Å²) < 4.78 is 0. The Morgan fingerprint density at radius 3 is 2.78 bits per heavy atom. The third-order valence-electron chi connectivity index (χ3n) is 3.00. The molecule has 0 aliphatic carbocycles. The minimum Gasteiger partial charge on any atom is -0.345 e. The zero-order chi connectivity index (χ0) is 13.3. The lowest BCUT2D eigenvalue weighted by Crippen LogP contribution is -2.26. The number of nitrogens with one attached hydrogen (secondary N) is 2. The van der Waals surface area contributed by atoms with Gasteiger partial charge < -0.3 is 4.90 Å². The molecule has 2 amide bonds. The number of anilines is 1. The molecule has 1 fully saturated rings. The quantitative estimate of drug-likeness (QED) is 0.810. The van der Waals surface area contributed by atoms with Crippen LogP contribution in [0.4, 0.5) is 5.95 Å². The monoisotopic (exact) mass is 251 g/mol. The van der Waals surface area contributed by atoms with Gasteiger partial charge in [-0.25, -0.2) is 0 Å². The standard InChI is InChI=1S/C11H17N5O2/c1-6(2)9-12-11(15-14-9)13-10(18)7-4-8(17)16(3)5-7/h6-7H,4-5H2,1-3H3,(H2,12,13,14,15,18). The van der Waals surface area contributed by atoms with Crippen LogP contribution in [0.25, 0.3) is 0 Å².